The minimum absolute atomic E-state index is 0.0645. The lowest BCUT2D eigenvalue weighted by molar-refractivity contribution is 0.0982. The van der Waals surface area contributed by atoms with Gasteiger partial charge in [-0.2, -0.15) is 0 Å². The topological polar surface area (TPSA) is 35.5 Å². The number of carbonyl (C=O) groups is 1. The zero-order chi connectivity index (χ0) is 19.9. The van der Waals surface area contributed by atoms with Gasteiger partial charge in [0.25, 0.3) is 0 Å². The predicted molar refractivity (Wildman–Crippen MR) is 115 cm³/mol. The van der Waals surface area contributed by atoms with Crippen LogP contribution in [0, 0.1) is 0 Å². The van der Waals surface area contributed by atoms with Crippen LogP contribution < -0.4 is 9.47 Å². The van der Waals surface area contributed by atoms with Crippen LogP contribution >= 0.6 is 23.4 Å². The third kappa shape index (κ3) is 5.09. The van der Waals surface area contributed by atoms with Gasteiger partial charge >= 0.3 is 0 Å². The molecule has 0 amide bonds. The molecule has 0 fully saturated rings. The molecule has 0 radical (unpaired) electrons. The first kappa shape index (κ1) is 20.3. The van der Waals surface area contributed by atoms with E-state index in [1.807, 2.05) is 48.5 Å². The van der Waals surface area contributed by atoms with E-state index in [0.29, 0.717) is 17.0 Å². The molecule has 0 aliphatic rings. The monoisotopic (exact) mass is 412 g/mol. The summed E-state index contributed by atoms with van der Waals surface area (Å²) >= 11 is 7.54. The van der Waals surface area contributed by atoms with Gasteiger partial charge in [-0.1, -0.05) is 41.9 Å². The van der Waals surface area contributed by atoms with E-state index in [2.05, 4.69) is 0 Å². The molecular formula is C23H21ClO3S. The van der Waals surface area contributed by atoms with Crippen molar-refractivity contribution >= 4 is 29.1 Å². The van der Waals surface area contributed by atoms with E-state index >= 15 is 0 Å². The van der Waals surface area contributed by atoms with Crippen LogP contribution in [0.25, 0.3) is 0 Å². The first-order valence-electron chi connectivity index (χ1n) is 8.83. The molecule has 5 heteroatoms. The van der Waals surface area contributed by atoms with E-state index in [1.165, 1.54) is 0 Å². The summed E-state index contributed by atoms with van der Waals surface area (Å²) in [5, 5.41) is 0.553. The first-order chi connectivity index (χ1) is 13.6. The molecule has 3 aromatic carbocycles. The molecule has 1 atom stereocenters. The van der Waals surface area contributed by atoms with Crippen LogP contribution in [0.5, 0.6) is 11.5 Å². The summed E-state index contributed by atoms with van der Waals surface area (Å²) < 4.78 is 10.9. The molecule has 0 aliphatic carbocycles. The number of rotatable bonds is 8. The van der Waals surface area contributed by atoms with E-state index in [0.717, 1.165) is 22.0 Å². The van der Waals surface area contributed by atoms with Crippen molar-refractivity contribution in [2.75, 3.05) is 14.2 Å². The number of ketones is 1. The maximum atomic E-state index is 12.9. The van der Waals surface area contributed by atoms with Crippen molar-refractivity contribution < 1.29 is 14.3 Å². The second-order valence-corrected chi connectivity index (χ2v) is 7.85. The lowest BCUT2D eigenvalue weighted by atomic mass is 10.0. The van der Waals surface area contributed by atoms with Gasteiger partial charge in [0.2, 0.25) is 0 Å². The highest BCUT2D eigenvalue weighted by molar-refractivity contribution is 7.99. The van der Waals surface area contributed by atoms with Gasteiger partial charge in [-0.25, -0.2) is 0 Å². The molecule has 1 unspecified atom stereocenters. The average Bonchev–Trinajstić information content (AvgIpc) is 2.74. The van der Waals surface area contributed by atoms with E-state index in [9.17, 15) is 4.79 Å². The van der Waals surface area contributed by atoms with Crippen LogP contribution in [-0.2, 0) is 0 Å². The van der Waals surface area contributed by atoms with Crippen molar-refractivity contribution in [1.82, 2.24) is 0 Å². The molecule has 0 bridgehead atoms. The number of Topliss-reactive ketones (excluding diaryl/α,β-unsaturated/α-hetero) is 1. The van der Waals surface area contributed by atoms with Gasteiger partial charge in [0.05, 0.1) is 19.1 Å². The van der Waals surface area contributed by atoms with E-state index < -0.39 is 0 Å². The Morgan fingerprint density at radius 3 is 2.32 bits per heavy atom. The fraction of sp³-hybridized carbons (Fsp3) is 0.174. The largest absolute Gasteiger partial charge is 0.497 e. The first-order valence-corrected chi connectivity index (χ1v) is 10.1. The van der Waals surface area contributed by atoms with Gasteiger partial charge in [-0.3, -0.25) is 4.79 Å². The van der Waals surface area contributed by atoms with Gasteiger partial charge in [-0.05, 0) is 48.0 Å². The molecule has 0 N–H and O–H groups in total. The molecule has 0 aromatic heterocycles. The number of hydrogen-bond acceptors (Lipinski definition) is 4. The van der Waals surface area contributed by atoms with Gasteiger partial charge < -0.3 is 9.47 Å². The second-order valence-electron chi connectivity index (χ2n) is 6.17. The van der Waals surface area contributed by atoms with Gasteiger partial charge in [-0.15, -0.1) is 11.8 Å². The van der Waals surface area contributed by atoms with Crippen molar-refractivity contribution in [3.05, 3.63) is 88.9 Å². The summed E-state index contributed by atoms with van der Waals surface area (Å²) in [5.41, 5.74) is 1.74. The molecule has 0 saturated heterocycles. The number of carbonyl (C=O) groups excluding carboxylic acids is 1. The number of thioether (sulfide) groups is 1. The molecule has 28 heavy (non-hydrogen) atoms. The number of benzene rings is 3. The quantitative estimate of drug-likeness (QED) is 0.314. The van der Waals surface area contributed by atoms with Crippen molar-refractivity contribution in [3.63, 3.8) is 0 Å². The van der Waals surface area contributed by atoms with Crippen LogP contribution in [0.2, 0.25) is 5.02 Å². The van der Waals surface area contributed by atoms with Crippen molar-refractivity contribution in [3.8, 4) is 11.5 Å². The lowest BCUT2D eigenvalue weighted by Crippen LogP contribution is -2.06. The number of methoxy groups -OCH3 is 2. The van der Waals surface area contributed by atoms with Gasteiger partial charge in [0.1, 0.15) is 11.5 Å². The molecular weight excluding hydrogens is 392 g/mol. The van der Waals surface area contributed by atoms with Crippen LogP contribution in [0.3, 0.4) is 0 Å². The Kier molecular flexibility index (Phi) is 7.01. The third-order valence-electron chi connectivity index (χ3n) is 4.35. The Morgan fingerprint density at radius 2 is 1.68 bits per heavy atom. The fourth-order valence-electron chi connectivity index (χ4n) is 2.85. The highest BCUT2D eigenvalue weighted by Crippen LogP contribution is 2.43. The molecule has 3 nitrogen and oxygen atoms in total. The fourth-order valence-corrected chi connectivity index (χ4v) is 4.26. The Hall–Kier alpha value is -2.43. The summed E-state index contributed by atoms with van der Waals surface area (Å²) in [7, 11) is 3.28. The van der Waals surface area contributed by atoms with E-state index in [4.69, 9.17) is 21.1 Å². The smallest absolute Gasteiger partial charge is 0.164 e. The third-order valence-corrected chi connectivity index (χ3v) is 5.90. The maximum Gasteiger partial charge on any atom is 0.164 e. The minimum Gasteiger partial charge on any atom is -0.497 e. The Morgan fingerprint density at radius 1 is 0.964 bits per heavy atom. The van der Waals surface area contributed by atoms with Crippen molar-refractivity contribution in [2.45, 2.75) is 16.6 Å². The molecule has 0 saturated carbocycles. The van der Waals surface area contributed by atoms with Gasteiger partial charge in [0.15, 0.2) is 5.78 Å². The predicted octanol–water partition coefficient (Wildman–Crippen LogP) is 6.46. The Balaban J connectivity index is 1.90. The van der Waals surface area contributed by atoms with Crippen molar-refractivity contribution in [2.24, 2.45) is 0 Å². The zero-order valence-electron chi connectivity index (χ0n) is 15.7. The highest BCUT2D eigenvalue weighted by Gasteiger charge is 2.21. The molecule has 0 spiro atoms. The summed E-state index contributed by atoms with van der Waals surface area (Å²) in [6.45, 7) is 0. The Labute approximate surface area is 174 Å². The van der Waals surface area contributed by atoms with E-state index in [-0.39, 0.29) is 11.0 Å². The lowest BCUT2D eigenvalue weighted by Gasteiger charge is -2.19. The summed E-state index contributed by atoms with van der Waals surface area (Å²) in [6, 6.07) is 22.7. The van der Waals surface area contributed by atoms with Gasteiger partial charge in [0, 0.05) is 22.3 Å². The standard InChI is InChI=1S/C23H21ClO3S/c1-26-19-12-13-21(27-2)23(14-19)28-22(17-6-4-3-5-7-17)15-20(25)16-8-10-18(24)11-9-16/h3-14,22H,15H2,1-2H3. The average molecular weight is 413 g/mol. The van der Waals surface area contributed by atoms with Crippen LogP contribution in [-0.4, -0.2) is 20.0 Å². The number of hydrogen-bond donors (Lipinski definition) is 0. The molecule has 144 valence electrons. The number of halogens is 1. The van der Waals surface area contributed by atoms with E-state index in [1.54, 1.807) is 50.2 Å². The summed E-state index contributed by atoms with van der Waals surface area (Å²) in [5.74, 6) is 1.57. The molecule has 3 rings (SSSR count). The summed E-state index contributed by atoms with van der Waals surface area (Å²) in [6.07, 6.45) is 0.358. The zero-order valence-corrected chi connectivity index (χ0v) is 17.3. The second kappa shape index (κ2) is 9.67. The Bertz CT molecular complexity index is 926. The van der Waals surface area contributed by atoms with Crippen molar-refractivity contribution in [1.29, 1.82) is 0 Å². The highest BCUT2D eigenvalue weighted by atomic mass is 35.5. The SMILES string of the molecule is COc1ccc(OC)c(SC(CC(=O)c2ccc(Cl)cc2)c2ccccc2)c1. The van der Waals surface area contributed by atoms with Crippen LogP contribution in [0.1, 0.15) is 27.6 Å². The summed E-state index contributed by atoms with van der Waals surface area (Å²) in [4.78, 5) is 13.8. The molecule has 3 aromatic rings. The minimum atomic E-state index is -0.0645. The number of ether oxygens (including phenoxy) is 2. The van der Waals surface area contributed by atoms with Crippen LogP contribution in [0.4, 0.5) is 0 Å². The molecule has 0 aliphatic heterocycles. The maximum absolute atomic E-state index is 12.9. The van der Waals surface area contributed by atoms with Crippen LogP contribution in [0.15, 0.2) is 77.7 Å². The molecule has 0 heterocycles. The normalized spacial score (nSPS) is 11.7.